The average molecular weight is 286 g/mol. The Morgan fingerprint density at radius 1 is 1.42 bits per heavy atom. The number of hydrogen-bond donors (Lipinski definition) is 1. The van der Waals surface area contributed by atoms with Gasteiger partial charge >= 0.3 is 0 Å². The summed E-state index contributed by atoms with van der Waals surface area (Å²) in [7, 11) is 0. The highest BCUT2D eigenvalue weighted by molar-refractivity contribution is 6.30. The van der Waals surface area contributed by atoms with Crippen LogP contribution in [0.5, 0.6) is 0 Å². The Morgan fingerprint density at radius 2 is 2.16 bits per heavy atom. The highest BCUT2D eigenvalue weighted by Crippen LogP contribution is 2.26. The number of rotatable bonds is 3. The van der Waals surface area contributed by atoms with E-state index >= 15 is 0 Å². The third-order valence-corrected chi connectivity index (χ3v) is 3.62. The van der Waals surface area contributed by atoms with Crippen molar-refractivity contribution in [2.24, 2.45) is 0 Å². The molecule has 0 spiro atoms. The molecule has 2 atom stereocenters. The maximum absolute atomic E-state index is 9.29. The van der Waals surface area contributed by atoms with Crippen LogP contribution in [-0.2, 0) is 11.2 Å². The van der Waals surface area contributed by atoms with Crippen LogP contribution in [0.1, 0.15) is 25.2 Å². The molecule has 0 aromatic carbocycles. The van der Waals surface area contributed by atoms with Crippen LogP contribution >= 0.6 is 11.6 Å². The van der Waals surface area contributed by atoms with Crippen LogP contribution in [0.4, 0.5) is 5.82 Å². The fourth-order valence-corrected chi connectivity index (χ4v) is 2.49. The second-order valence-electron chi connectivity index (χ2n) is 4.89. The number of aryl methyl sites for hydroxylation is 1. The topological polar surface area (TPSA) is 58.5 Å². The maximum Gasteiger partial charge on any atom is 0.137 e. The third kappa shape index (κ3) is 3.16. The molecular weight excluding hydrogens is 266 g/mol. The number of morpholine rings is 1. The zero-order chi connectivity index (χ0) is 14.0. The Kier molecular flexibility index (Phi) is 4.60. The van der Waals surface area contributed by atoms with Crippen molar-refractivity contribution in [3.8, 4) is 0 Å². The molecule has 1 N–H and O–H groups in total. The number of hydrogen-bond acceptors (Lipinski definition) is 5. The van der Waals surface area contributed by atoms with Gasteiger partial charge in [0.05, 0.1) is 18.8 Å². The normalized spacial score (nSPS) is 23.7. The van der Waals surface area contributed by atoms with E-state index in [0.29, 0.717) is 11.7 Å². The number of aliphatic hydroxyl groups excluding tert-OH is 1. The minimum absolute atomic E-state index is 0.0132. The third-order valence-electron chi connectivity index (χ3n) is 3.25. The molecule has 0 bridgehead atoms. The van der Waals surface area contributed by atoms with Crippen LogP contribution in [0.15, 0.2) is 0 Å². The summed E-state index contributed by atoms with van der Waals surface area (Å²) < 4.78 is 5.65. The molecular formula is C13H20ClN3O2. The van der Waals surface area contributed by atoms with Gasteiger partial charge in [-0.25, -0.2) is 9.97 Å². The minimum atomic E-state index is -0.179. The van der Waals surface area contributed by atoms with Gasteiger partial charge in [0.25, 0.3) is 0 Å². The molecule has 1 aliphatic rings. The van der Waals surface area contributed by atoms with Crippen LogP contribution in [0.3, 0.4) is 0 Å². The van der Waals surface area contributed by atoms with E-state index in [0.717, 1.165) is 30.2 Å². The van der Waals surface area contributed by atoms with E-state index in [1.165, 1.54) is 0 Å². The van der Waals surface area contributed by atoms with Crippen LogP contribution in [-0.4, -0.2) is 47.0 Å². The smallest absolute Gasteiger partial charge is 0.137 e. The summed E-state index contributed by atoms with van der Waals surface area (Å²) >= 11 is 6.17. The van der Waals surface area contributed by atoms with E-state index < -0.39 is 0 Å². The molecule has 5 nitrogen and oxygen atoms in total. The lowest BCUT2D eigenvalue weighted by molar-refractivity contribution is -0.0423. The Morgan fingerprint density at radius 3 is 2.79 bits per heavy atom. The van der Waals surface area contributed by atoms with Gasteiger partial charge < -0.3 is 14.7 Å². The summed E-state index contributed by atoms with van der Waals surface area (Å²) in [6.45, 7) is 7.30. The van der Waals surface area contributed by atoms with Gasteiger partial charge in [-0.05, 0) is 13.8 Å². The lowest BCUT2D eigenvalue weighted by Crippen LogP contribution is -2.48. The number of nitrogens with zero attached hydrogens (tertiary/aromatic N) is 3. The molecule has 2 heterocycles. The van der Waals surface area contributed by atoms with Crippen molar-refractivity contribution in [1.29, 1.82) is 0 Å². The Bertz CT molecular complexity index is 456. The summed E-state index contributed by atoms with van der Waals surface area (Å²) in [6.07, 6.45) is 0.627. The summed E-state index contributed by atoms with van der Waals surface area (Å²) in [4.78, 5) is 10.9. The summed E-state index contributed by atoms with van der Waals surface area (Å²) in [5.41, 5.74) is 0.879. The van der Waals surface area contributed by atoms with E-state index in [-0.39, 0.29) is 18.8 Å². The summed E-state index contributed by atoms with van der Waals surface area (Å²) in [5, 5.41) is 9.79. The van der Waals surface area contributed by atoms with Crippen LogP contribution in [0.2, 0.25) is 5.15 Å². The molecule has 0 amide bonds. The van der Waals surface area contributed by atoms with Crippen molar-refractivity contribution in [3.63, 3.8) is 0 Å². The molecule has 19 heavy (non-hydrogen) atoms. The minimum Gasteiger partial charge on any atom is -0.394 e. The van der Waals surface area contributed by atoms with E-state index in [1.807, 2.05) is 20.8 Å². The van der Waals surface area contributed by atoms with Gasteiger partial charge in [0, 0.05) is 25.1 Å². The molecule has 0 saturated carbocycles. The Labute approximate surface area is 118 Å². The molecule has 2 rings (SSSR count). The van der Waals surface area contributed by atoms with Crippen molar-refractivity contribution in [1.82, 2.24) is 9.97 Å². The maximum atomic E-state index is 9.29. The zero-order valence-corrected chi connectivity index (χ0v) is 12.3. The zero-order valence-electron chi connectivity index (χ0n) is 11.6. The van der Waals surface area contributed by atoms with Gasteiger partial charge in [-0.2, -0.15) is 0 Å². The van der Waals surface area contributed by atoms with E-state index in [1.54, 1.807) is 0 Å². The Hall–Kier alpha value is -0.910. The largest absolute Gasteiger partial charge is 0.394 e. The molecule has 1 fully saturated rings. The predicted octanol–water partition coefficient (Wildman–Crippen LogP) is 1.59. The molecule has 1 saturated heterocycles. The van der Waals surface area contributed by atoms with Gasteiger partial charge in [-0.1, -0.05) is 18.5 Å². The standard InChI is InChI=1S/C13H20ClN3O2/c1-4-11-15-12(14)9(3)13(16-11)17-5-8(2)19-10(6-17)7-18/h8,10,18H,4-7H2,1-3H3. The first-order valence-corrected chi connectivity index (χ1v) is 6.97. The number of halogens is 1. The predicted molar refractivity (Wildman–Crippen MR) is 74.8 cm³/mol. The van der Waals surface area contributed by atoms with Gasteiger partial charge in [-0.15, -0.1) is 0 Å². The van der Waals surface area contributed by atoms with E-state index in [9.17, 15) is 5.11 Å². The average Bonchev–Trinajstić information content (AvgIpc) is 2.40. The van der Waals surface area contributed by atoms with Crippen molar-refractivity contribution >= 4 is 17.4 Å². The lowest BCUT2D eigenvalue weighted by Gasteiger charge is -2.37. The highest BCUT2D eigenvalue weighted by Gasteiger charge is 2.27. The molecule has 1 aromatic heterocycles. The first-order chi connectivity index (χ1) is 9.05. The van der Waals surface area contributed by atoms with Crippen molar-refractivity contribution in [2.45, 2.75) is 39.4 Å². The van der Waals surface area contributed by atoms with Crippen molar-refractivity contribution in [2.75, 3.05) is 24.6 Å². The van der Waals surface area contributed by atoms with Crippen molar-refractivity contribution in [3.05, 3.63) is 16.5 Å². The fourth-order valence-electron chi connectivity index (χ4n) is 2.31. The monoisotopic (exact) mass is 285 g/mol. The fraction of sp³-hybridized carbons (Fsp3) is 0.692. The number of anilines is 1. The molecule has 6 heteroatoms. The van der Waals surface area contributed by atoms with E-state index in [2.05, 4.69) is 14.9 Å². The second-order valence-corrected chi connectivity index (χ2v) is 5.25. The lowest BCUT2D eigenvalue weighted by atomic mass is 10.2. The number of aromatic nitrogens is 2. The number of aliphatic hydroxyl groups is 1. The van der Waals surface area contributed by atoms with Gasteiger partial charge in [0.15, 0.2) is 0 Å². The van der Waals surface area contributed by atoms with Crippen LogP contribution in [0.25, 0.3) is 0 Å². The van der Waals surface area contributed by atoms with E-state index in [4.69, 9.17) is 16.3 Å². The van der Waals surface area contributed by atoms with Crippen molar-refractivity contribution < 1.29 is 9.84 Å². The molecule has 106 valence electrons. The second kappa shape index (κ2) is 6.03. The molecule has 0 radical (unpaired) electrons. The highest BCUT2D eigenvalue weighted by atomic mass is 35.5. The summed E-state index contributed by atoms with van der Waals surface area (Å²) in [6, 6.07) is 0. The quantitative estimate of drug-likeness (QED) is 0.855. The summed E-state index contributed by atoms with van der Waals surface area (Å²) in [5.74, 6) is 1.59. The first-order valence-electron chi connectivity index (χ1n) is 6.59. The molecule has 0 aliphatic carbocycles. The van der Waals surface area contributed by atoms with Crippen LogP contribution < -0.4 is 4.90 Å². The SMILES string of the molecule is CCc1nc(Cl)c(C)c(N2CC(C)OC(CO)C2)n1. The Balaban J connectivity index is 2.32. The van der Waals surface area contributed by atoms with Gasteiger partial charge in [0.1, 0.15) is 16.8 Å². The number of ether oxygens (including phenoxy) is 1. The van der Waals surface area contributed by atoms with Crippen LogP contribution in [0, 0.1) is 6.92 Å². The first kappa shape index (κ1) is 14.5. The molecule has 2 unspecified atom stereocenters. The van der Waals surface area contributed by atoms with Gasteiger partial charge in [0.2, 0.25) is 0 Å². The van der Waals surface area contributed by atoms with Gasteiger partial charge in [-0.3, -0.25) is 0 Å². The molecule has 1 aliphatic heterocycles. The molecule has 1 aromatic rings.